The molecule has 1 fully saturated rings. The largest absolute Gasteiger partial charge is 0.336 e. The summed E-state index contributed by atoms with van der Waals surface area (Å²) < 4.78 is 13.0. The second-order valence-electron chi connectivity index (χ2n) is 5.48. The van der Waals surface area contributed by atoms with Crippen molar-refractivity contribution in [2.24, 2.45) is 5.92 Å². The number of thioether (sulfide) groups is 1. The number of carbonyl (C=O) groups excluding carboxylic acids is 1. The van der Waals surface area contributed by atoms with Crippen molar-refractivity contribution in [2.75, 3.05) is 0 Å². The molecule has 20 heavy (non-hydrogen) atoms. The lowest BCUT2D eigenvalue weighted by Gasteiger charge is -2.34. The third-order valence-corrected chi connectivity index (χ3v) is 5.67. The topological polar surface area (TPSA) is 41.1 Å². The fourth-order valence-electron chi connectivity index (χ4n) is 3.31. The number of benzene rings is 1. The van der Waals surface area contributed by atoms with E-state index in [0.29, 0.717) is 0 Å². The van der Waals surface area contributed by atoms with Gasteiger partial charge in [-0.05, 0) is 47.4 Å². The first kappa shape index (κ1) is 12.4. The summed E-state index contributed by atoms with van der Waals surface area (Å²) >= 11 is 1.80. The molecule has 1 saturated heterocycles. The van der Waals surface area contributed by atoms with E-state index >= 15 is 0 Å². The van der Waals surface area contributed by atoms with Gasteiger partial charge in [-0.3, -0.25) is 10.1 Å². The van der Waals surface area contributed by atoms with Crippen molar-refractivity contribution in [1.29, 1.82) is 0 Å². The van der Waals surface area contributed by atoms with E-state index in [-0.39, 0.29) is 29.2 Å². The van der Waals surface area contributed by atoms with Crippen LogP contribution < -0.4 is 10.6 Å². The number of nitrogens with one attached hydrogen (secondary N) is 2. The number of fused-ring (bicyclic) bond motifs is 2. The number of halogens is 1. The maximum atomic E-state index is 13.0. The van der Waals surface area contributed by atoms with Crippen LogP contribution in [0, 0.1) is 11.7 Å². The van der Waals surface area contributed by atoms with Crippen LogP contribution in [0.2, 0.25) is 0 Å². The highest BCUT2D eigenvalue weighted by Gasteiger charge is 2.45. The minimum absolute atomic E-state index is 0.0193. The number of rotatable bonds is 1. The number of amides is 1. The van der Waals surface area contributed by atoms with Gasteiger partial charge in [0.25, 0.3) is 0 Å². The summed E-state index contributed by atoms with van der Waals surface area (Å²) in [7, 11) is 0. The normalized spacial score (nSPS) is 32.0. The molecule has 2 N–H and O–H groups in total. The molecule has 1 aromatic rings. The van der Waals surface area contributed by atoms with Crippen LogP contribution in [0.25, 0.3) is 0 Å². The van der Waals surface area contributed by atoms with Crippen LogP contribution in [-0.2, 0) is 4.79 Å². The zero-order valence-electron chi connectivity index (χ0n) is 10.9. The number of allylic oxidation sites excluding steroid dienone is 1. The van der Waals surface area contributed by atoms with Crippen molar-refractivity contribution >= 4 is 17.7 Å². The summed E-state index contributed by atoms with van der Waals surface area (Å²) in [5.41, 5.74) is 2.23. The van der Waals surface area contributed by atoms with Crippen molar-refractivity contribution in [3.05, 3.63) is 46.1 Å². The van der Waals surface area contributed by atoms with Gasteiger partial charge in [0.2, 0.25) is 5.91 Å². The summed E-state index contributed by atoms with van der Waals surface area (Å²) in [6.45, 7) is 0. The summed E-state index contributed by atoms with van der Waals surface area (Å²) in [5, 5.41) is 6.62. The molecule has 3 unspecified atom stereocenters. The molecule has 3 atom stereocenters. The van der Waals surface area contributed by atoms with Gasteiger partial charge in [0.15, 0.2) is 0 Å². The Hall–Kier alpha value is -1.33. The van der Waals surface area contributed by atoms with Gasteiger partial charge in [-0.2, -0.15) is 0 Å². The molecular weight excluding hydrogens is 275 g/mol. The van der Waals surface area contributed by atoms with E-state index < -0.39 is 0 Å². The van der Waals surface area contributed by atoms with E-state index in [1.54, 1.807) is 23.9 Å². The molecule has 5 heteroatoms. The molecule has 0 radical (unpaired) electrons. The van der Waals surface area contributed by atoms with E-state index in [9.17, 15) is 9.18 Å². The molecule has 104 valence electrons. The van der Waals surface area contributed by atoms with Crippen LogP contribution in [0.1, 0.15) is 31.0 Å². The minimum atomic E-state index is -0.260. The van der Waals surface area contributed by atoms with Gasteiger partial charge in [-0.1, -0.05) is 12.1 Å². The Bertz CT molecular complexity index is 598. The predicted octanol–water partition coefficient (Wildman–Crippen LogP) is 2.67. The third kappa shape index (κ3) is 1.88. The van der Waals surface area contributed by atoms with E-state index in [1.165, 1.54) is 29.0 Å². The third-order valence-electron chi connectivity index (χ3n) is 4.26. The van der Waals surface area contributed by atoms with Crippen molar-refractivity contribution < 1.29 is 9.18 Å². The highest BCUT2D eigenvalue weighted by Crippen LogP contribution is 2.50. The zero-order chi connectivity index (χ0) is 13.7. The van der Waals surface area contributed by atoms with Crippen LogP contribution in [-0.4, -0.2) is 11.3 Å². The SMILES string of the molecule is O=C1NC(c2ccc(F)cc2)NC2SC3=C(CCC3)C12. The maximum absolute atomic E-state index is 13.0. The first-order valence-electron chi connectivity index (χ1n) is 6.93. The molecule has 2 aliphatic heterocycles. The Labute approximate surface area is 121 Å². The average molecular weight is 290 g/mol. The van der Waals surface area contributed by atoms with Crippen molar-refractivity contribution in [2.45, 2.75) is 30.8 Å². The van der Waals surface area contributed by atoms with Gasteiger partial charge in [-0.15, -0.1) is 11.8 Å². The molecule has 0 saturated carbocycles. The zero-order valence-corrected chi connectivity index (χ0v) is 11.7. The summed E-state index contributed by atoms with van der Waals surface area (Å²) in [6.07, 6.45) is 3.12. The van der Waals surface area contributed by atoms with E-state index in [4.69, 9.17) is 0 Å². The second kappa shape index (κ2) is 4.60. The van der Waals surface area contributed by atoms with Crippen molar-refractivity contribution in [1.82, 2.24) is 10.6 Å². The maximum Gasteiger partial charge on any atom is 0.231 e. The highest BCUT2D eigenvalue weighted by atomic mass is 32.2. The van der Waals surface area contributed by atoms with Gasteiger partial charge in [0.1, 0.15) is 12.0 Å². The Morgan fingerprint density at radius 2 is 2.00 bits per heavy atom. The molecular formula is C15H15FN2OS. The van der Waals surface area contributed by atoms with E-state index in [1.807, 2.05) is 0 Å². The Morgan fingerprint density at radius 1 is 1.20 bits per heavy atom. The average Bonchev–Trinajstić information content (AvgIpc) is 2.99. The van der Waals surface area contributed by atoms with Gasteiger partial charge < -0.3 is 5.32 Å². The summed E-state index contributed by atoms with van der Waals surface area (Å²) in [4.78, 5) is 13.8. The predicted molar refractivity (Wildman–Crippen MR) is 76.2 cm³/mol. The smallest absolute Gasteiger partial charge is 0.231 e. The number of hydrogen-bond donors (Lipinski definition) is 2. The Kier molecular flexibility index (Phi) is 2.86. The number of carbonyl (C=O) groups is 1. The summed E-state index contributed by atoms with van der Waals surface area (Å²) in [5.74, 6) is -0.179. The first-order chi connectivity index (χ1) is 9.72. The van der Waals surface area contributed by atoms with Gasteiger partial charge in [0.05, 0.1) is 11.3 Å². The van der Waals surface area contributed by atoms with E-state index in [2.05, 4.69) is 10.6 Å². The molecule has 0 aromatic heterocycles. The van der Waals surface area contributed by atoms with Crippen molar-refractivity contribution in [3.8, 4) is 0 Å². The lowest BCUT2D eigenvalue weighted by molar-refractivity contribution is -0.127. The fraction of sp³-hybridized carbons (Fsp3) is 0.400. The van der Waals surface area contributed by atoms with Crippen molar-refractivity contribution in [3.63, 3.8) is 0 Å². The monoisotopic (exact) mass is 290 g/mol. The lowest BCUT2D eigenvalue weighted by Crippen LogP contribution is -2.54. The quantitative estimate of drug-likeness (QED) is 0.835. The highest BCUT2D eigenvalue weighted by molar-refractivity contribution is 8.04. The van der Waals surface area contributed by atoms with Crippen LogP contribution in [0.5, 0.6) is 0 Å². The Balaban J connectivity index is 1.58. The molecule has 1 amide bonds. The summed E-state index contributed by atoms with van der Waals surface area (Å²) in [6, 6.07) is 6.28. The van der Waals surface area contributed by atoms with Crippen LogP contribution in [0.3, 0.4) is 0 Å². The molecule has 1 aliphatic carbocycles. The molecule has 0 spiro atoms. The van der Waals surface area contributed by atoms with Gasteiger partial charge in [-0.25, -0.2) is 4.39 Å². The van der Waals surface area contributed by atoms with E-state index in [0.717, 1.165) is 18.4 Å². The lowest BCUT2D eigenvalue weighted by atomic mass is 9.94. The molecule has 1 aromatic carbocycles. The van der Waals surface area contributed by atoms with Gasteiger partial charge in [0, 0.05) is 0 Å². The molecule has 0 bridgehead atoms. The fourth-order valence-corrected chi connectivity index (χ4v) is 4.88. The van der Waals surface area contributed by atoms with Crippen LogP contribution in [0.15, 0.2) is 34.7 Å². The Morgan fingerprint density at radius 3 is 2.80 bits per heavy atom. The van der Waals surface area contributed by atoms with Crippen LogP contribution >= 0.6 is 11.8 Å². The number of hydrogen-bond acceptors (Lipinski definition) is 3. The first-order valence-corrected chi connectivity index (χ1v) is 7.81. The molecule has 3 nitrogen and oxygen atoms in total. The molecule has 3 aliphatic rings. The molecule has 4 rings (SSSR count). The molecule has 2 heterocycles. The standard InChI is InChI=1S/C15H15FN2OS/c16-9-6-4-8(5-7-9)13-17-14(19)12-10-2-1-3-11(10)20-15(12)18-13/h4-7,12-13,15,18H,1-3H2,(H,17,19). The second-order valence-corrected chi connectivity index (χ2v) is 6.71. The van der Waals surface area contributed by atoms with Crippen LogP contribution in [0.4, 0.5) is 4.39 Å². The van der Waals surface area contributed by atoms with Gasteiger partial charge >= 0.3 is 0 Å². The minimum Gasteiger partial charge on any atom is -0.336 e.